The Morgan fingerprint density at radius 1 is 1.67 bits per heavy atom. The summed E-state index contributed by atoms with van der Waals surface area (Å²) in [5, 5.41) is 9.20. The number of hydrogen-bond acceptors (Lipinski definition) is 3. The van der Waals surface area contributed by atoms with Crippen LogP contribution in [0.15, 0.2) is 0 Å². The molecule has 1 aliphatic rings. The summed E-state index contributed by atoms with van der Waals surface area (Å²) < 4.78 is 4.49. The molecular weight excluding hydrogens is 176 g/mol. The summed E-state index contributed by atoms with van der Waals surface area (Å²) in [5.74, 6) is -0.751. The molecule has 0 saturated carbocycles. The third-order valence-corrected chi connectivity index (χ3v) is 3.33. The number of rotatable bonds is 3. The van der Waals surface area contributed by atoms with Gasteiger partial charge in [-0.05, 0) is 20.3 Å². The second-order valence-electron chi connectivity index (χ2n) is 3.42. The van der Waals surface area contributed by atoms with Gasteiger partial charge in [0.05, 0.1) is 6.61 Å². The van der Waals surface area contributed by atoms with Crippen LogP contribution in [0, 0.1) is 0 Å². The Balaban J connectivity index is 2.42. The average molecular weight is 190 g/mol. The van der Waals surface area contributed by atoms with E-state index in [-0.39, 0.29) is 0 Å². The highest BCUT2D eigenvalue weighted by Crippen LogP contribution is 2.32. The van der Waals surface area contributed by atoms with Gasteiger partial charge < -0.3 is 9.84 Å². The molecule has 1 aliphatic heterocycles. The molecule has 1 N–H and O–H groups in total. The number of carbonyl (C=O) groups is 1. The highest BCUT2D eigenvalue weighted by Gasteiger charge is 2.32. The monoisotopic (exact) mass is 190 g/mol. The van der Waals surface area contributed by atoms with Crippen molar-refractivity contribution in [1.29, 1.82) is 0 Å². The maximum Gasteiger partial charge on any atom is 0.319 e. The van der Waals surface area contributed by atoms with Crippen molar-refractivity contribution in [3.05, 3.63) is 0 Å². The summed E-state index contributed by atoms with van der Waals surface area (Å²) in [5.41, 5.74) is 0. The lowest BCUT2D eigenvalue weighted by atomic mass is 10.2. The fraction of sp³-hybridized carbons (Fsp3) is 0.875. The molecule has 0 aliphatic carbocycles. The van der Waals surface area contributed by atoms with Crippen molar-refractivity contribution in [3.8, 4) is 0 Å². The first-order valence-corrected chi connectivity index (χ1v) is 4.89. The zero-order valence-corrected chi connectivity index (χ0v) is 8.19. The number of hydrogen-bond donors (Lipinski definition) is 1. The van der Waals surface area contributed by atoms with Gasteiger partial charge in [-0.2, -0.15) is 0 Å². The van der Waals surface area contributed by atoms with E-state index in [1.54, 1.807) is 13.8 Å². The number of carboxylic acids is 1. The number of thioether (sulfide) groups is 1. The molecule has 1 atom stereocenters. The van der Waals surface area contributed by atoms with Crippen molar-refractivity contribution in [3.63, 3.8) is 0 Å². The van der Waals surface area contributed by atoms with Gasteiger partial charge in [-0.1, -0.05) is 0 Å². The largest absolute Gasteiger partial charge is 0.480 e. The van der Waals surface area contributed by atoms with Gasteiger partial charge in [0.25, 0.3) is 0 Å². The minimum atomic E-state index is -0.751. The molecule has 0 aromatic rings. The van der Waals surface area contributed by atoms with E-state index in [1.807, 2.05) is 0 Å². The van der Waals surface area contributed by atoms with Crippen molar-refractivity contribution in [1.82, 2.24) is 0 Å². The first-order chi connectivity index (χ1) is 5.52. The van der Waals surface area contributed by atoms with Crippen molar-refractivity contribution in [2.45, 2.75) is 30.3 Å². The van der Waals surface area contributed by atoms with E-state index < -0.39 is 10.7 Å². The molecule has 0 spiro atoms. The van der Waals surface area contributed by atoms with Gasteiger partial charge >= 0.3 is 5.97 Å². The molecule has 1 rings (SSSR count). The van der Waals surface area contributed by atoms with Gasteiger partial charge in [0.2, 0.25) is 0 Å². The minimum Gasteiger partial charge on any atom is -0.480 e. The number of ether oxygens (including phenoxy) is 1. The van der Waals surface area contributed by atoms with E-state index in [2.05, 4.69) is 0 Å². The summed E-state index contributed by atoms with van der Waals surface area (Å²) in [6, 6.07) is 0. The van der Waals surface area contributed by atoms with E-state index >= 15 is 0 Å². The van der Waals surface area contributed by atoms with Gasteiger partial charge in [0, 0.05) is 11.9 Å². The maximum absolute atomic E-state index is 10.7. The van der Waals surface area contributed by atoms with Crippen molar-refractivity contribution < 1.29 is 14.6 Å². The second-order valence-corrected chi connectivity index (χ2v) is 5.34. The standard InChI is InChI=1S/C8H14O3S/c1-8(2,7(9)10)12-6-3-4-11-5-6/h6H,3-5H2,1-2H3,(H,9,10). The molecule has 1 fully saturated rings. The Morgan fingerprint density at radius 3 is 2.75 bits per heavy atom. The van der Waals surface area contributed by atoms with Crippen LogP contribution in [0.4, 0.5) is 0 Å². The van der Waals surface area contributed by atoms with E-state index in [0.29, 0.717) is 11.9 Å². The van der Waals surface area contributed by atoms with E-state index in [9.17, 15) is 4.79 Å². The maximum atomic E-state index is 10.7. The molecule has 4 heteroatoms. The lowest BCUT2D eigenvalue weighted by molar-refractivity contribution is -0.138. The lowest BCUT2D eigenvalue weighted by Gasteiger charge is -2.21. The molecule has 3 nitrogen and oxygen atoms in total. The predicted molar refractivity (Wildman–Crippen MR) is 48.5 cm³/mol. The molecule has 12 heavy (non-hydrogen) atoms. The van der Waals surface area contributed by atoms with Gasteiger partial charge in [-0.3, -0.25) is 4.79 Å². The molecule has 0 radical (unpaired) electrons. The average Bonchev–Trinajstić information content (AvgIpc) is 2.38. The highest BCUT2D eigenvalue weighted by molar-refractivity contribution is 8.02. The van der Waals surface area contributed by atoms with Gasteiger partial charge in [0.1, 0.15) is 4.75 Å². The Bertz CT molecular complexity index is 173. The summed E-state index contributed by atoms with van der Waals surface area (Å²) >= 11 is 1.49. The quantitative estimate of drug-likeness (QED) is 0.730. The first-order valence-electron chi connectivity index (χ1n) is 4.01. The van der Waals surface area contributed by atoms with E-state index in [1.165, 1.54) is 11.8 Å². The summed E-state index contributed by atoms with van der Waals surface area (Å²) in [4.78, 5) is 10.7. The fourth-order valence-corrected chi connectivity index (χ4v) is 2.39. The molecular formula is C8H14O3S. The molecule has 0 aromatic heterocycles. The smallest absolute Gasteiger partial charge is 0.319 e. The molecule has 1 saturated heterocycles. The van der Waals surface area contributed by atoms with Crippen molar-refractivity contribution in [2.75, 3.05) is 13.2 Å². The van der Waals surface area contributed by atoms with Crippen LogP contribution >= 0.6 is 11.8 Å². The van der Waals surface area contributed by atoms with Gasteiger partial charge in [0.15, 0.2) is 0 Å². The lowest BCUT2D eigenvalue weighted by Crippen LogP contribution is -2.30. The molecule has 0 amide bonds. The molecule has 0 aromatic carbocycles. The summed E-state index contributed by atoms with van der Waals surface area (Å²) in [6.45, 7) is 4.94. The third-order valence-electron chi connectivity index (χ3n) is 1.86. The molecule has 0 bridgehead atoms. The van der Waals surface area contributed by atoms with Gasteiger partial charge in [-0.15, -0.1) is 11.8 Å². The van der Waals surface area contributed by atoms with Crippen LogP contribution in [0.2, 0.25) is 0 Å². The van der Waals surface area contributed by atoms with Crippen molar-refractivity contribution in [2.24, 2.45) is 0 Å². The molecule has 1 heterocycles. The zero-order chi connectivity index (χ0) is 9.19. The van der Waals surface area contributed by atoms with Crippen LogP contribution in [0.25, 0.3) is 0 Å². The normalized spacial score (nSPS) is 24.3. The number of carboxylic acid groups (broad SMARTS) is 1. The first kappa shape index (κ1) is 9.86. The topological polar surface area (TPSA) is 46.5 Å². The Labute approximate surface area is 76.5 Å². The SMILES string of the molecule is CC(C)(SC1CCOC1)C(=O)O. The Morgan fingerprint density at radius 2 is 2.33 bits per heavy atom. The highest BCUT2D eigenvalue weighted by atomic mass is 32.2. The van der Waals surface area contributed by atoms with Crippen LogP contribution in [-0.4, -0.2) is 34.3 Å². The van der Waals surface area contributed by atoms with Crippen LogP contribution in [0.5, 0.6) is 0 Å². The minimum absolute atomic E-state index is 0.357. The number of aliphatic carboxylic acids is 1. The Kier molecular flexibility index (Phi) is 3.01. The van der Waals surface area contributed by atoms with E-state index in [4.69, 9.17) is 9.84 Å². The van der Waals surface area contributed by atoms with Crippen LogP contribution in [-0.2, 0) is 9.53 Å². The molecule has 1 unspecified atom stereocenters. The third kappa shape index (κ3) is 2.38. The predicted octanol–water partition coefficient (Wildman–Crippen LogP) is 1.37. The second kappa shape index (κ2) is 3.66. The van der Waals surface area contributed by atoms with Crippen molar-refractivity contribution >= 4 is 17.7 Å². The molecule has 70 valence electrons. The zero-order valence-electron chi connectivity index (χ0n) is 7.37. The summed E-state index contributed by atoms with van der Waals surface area (Å²) in [7, 11) is 0. The van der Waals surface area contributed by atoms with Crippen LogP contribution in [0.3, 0.4) is 0 Å². The Hall–Kier alpha value is -0.220. The fourth-order valence-electron chi connectivity index (χ4n) is 1.07. The van der Waals surface area contributed by atoms with Gasteiger partial charge in [-0.25, -0.2) is 0 Å². The van der Waals surface area contributed by atoms with Crippen LogP contribution < -0.4 is 0 Å². The summed E-state index contributed by atoms with van der Waals surface area (Å²) in [6.07, 6.45) is 0.974. The van der Waals surface area contributed by atoms with Crippen LogP contribution in [0.1, 0.15) is 20.3 Å². The van der Waals surface area contributed by atoms with E-state index in [0.717, 1.165) is 13.0 Å².